The van der Waals surface area contributed by atoms with Crippen molar-refractivity contribution in [2.45, 2.75) is 5.75 Å². The lowest BCUT2D eigenvalue weighted by Gasteiger charge is -2.35. The van der Waals surface area contributed by atoms with Crippen LogP contribution in [-0.4, -0.2) is 38.9 Å². The van der Waals surface area contributed by atoms with Crippen LogP contribution in [0.2, 0.25) is 0 Å². The summed E-state index contributed by atoms with van der Waals surface area (Å²) in [6, 6.07) is 17.6. The summed E-state index contributed by atoms with van der Waals surface area (Å²) in [4.78, 5) is 2.23. The third-order valence-electron chi connectivity index (χ3n) is 4.02. The van der Waals surface area contributed by atoms with Crippen LogP contribution in [0.25, 0.3) is 0 Å². The van der Waals surface area contributed by atoms with Gasteiger partial charge in [0.2, 0.25) is 10.0 Å². The van der Waals surface area contributed by atoms with E-state index >= 15 is 0 Å². The van der Waals surface area contributed by atoms with Gasteiger partial charge < -0.3 is 4.90 Å². The van der Waals surface area contributed by atoms with E-state index in [1.807, 2.05) is 42.5 Å². The Morgan fingerprint density at radius 1 is 0.870 bits per heavy atom. The first-order valence-electron chi connectivity index (χ1n) is 7.57. The van der Waals surface area contributed by atoms with Crippen molar-refractivity contribution in [3.8, 4) is 0 Å². The van der Waals surface area contributed by atoms with E-state index in [4.69, 9.17) is 0 Å². The molecule has 6 heteroatoms. The van der Waals surface area contributed by atoms with Crippen LogP contribution < -0.4 is 4.90 Å². The topological polar surface area (TPSA) is 40.6 Å². The van der Waals surface area contributed by atoms with Crippen molar-refractivity contribution in [2.75, 3.05) is 31.1 Å². The monoisotopic (exact) mass is 394 g/mol. The molecule has 122 valence electrons. The fourth-order valence-corrected chi connectivity index (χ4v) is 4.53. The lowest BCUT2D eigenvalue weighted by Crippen LogP contribution is -2.49. The maximum absolute atomic E-state index is 12.6. The number of nitrogens with zero attached hydrogens (tertiary/aromatic N) is 2. The minimum absolute atomic E-state index is 0.0611. The number of halogens is 1. The Morgan fingerprint density at radius 3 is 2.09 bits per heavy atom. The van der Waals surface area contributed by atoms with E-state index in [9.17, 15) is 8.42 Å². The quantitative estimate of drug-likeness (QED) is 0.799. The average molecular weight is 395 g/mol. The molecule has 0 amide bonds. The molecule has 0 atom stereocenters. The first kappa shape index (κ1) is 16.5. The second-order valence-electron chi connectivity index (χ2n) is 5.60. The van der Waals surface area contributed by atoms with Gasteiger partial charge in [-0.05, 0) is 29.8 Å². The summed E-state index contributed by atoms with van der Waals surface area (Å²) in [5.41, 5.74) is 1.97. The number of hydrogen-bond donors (Lipinski definition) is 0. The molecule has 4 nitrogen and oxygen atoms in total. The molecule has 2 aromatic carbocycles. The predicted octanol–water partition coefficient (Wildman–Crippen LogP) is 3.10. The number of benzene rings is 2. The van der Waals surface area contributed by atoms with E-state index < -0.39 is 10.0 Å². The molecule has 0 unspecified atom stereocenters. The Labute approximate surface area is 145 Å². The fourth-order valence-electron chi connectivity index (χ4n) is 2.75. The van der Waals surface area contributed by atoms with Gasteiger partial charge in [-0.1, -0.05) is 46.3 Å². The van der Waals surface area contributed by atoms with E-state index in [1.54, 1.807) is 4.31 Å². The van der Waals surface area contributed by atoms with E-state index in [0.717, 1.165) is 28.8 Å². The summed E-state index contributed by atoms with van der Waals surface area (Å²) in [7, 11) is -3.26. The third kappa shape index (κ3) is 4.13. The molecule has 1 saturated heterocycles. The van der Waals surface area contributed by atoms with Gasteiger partial charge in [0.1, 0.15) is 0 Å². The Balaban J connectivity index is 1.63. The maximum atomic E-state index is 12.6. The molecule has 1 aliphatic heterocycles. The number of piperazine rings is 1. The van der Waals surface area contributed by atoms with Crippen molar-refractivity contribution in [3.63, 3.8) is 0 Å². The SMILES string of the molecule is O=S(=O)(Cc1ccc(Br)cc1)N1CCN(c2ccccc2)CC1. The van der Waals surface area contributed by atoms with Gasteiger partial charge >= 0.3 is 0 Å². The van der Waals surface area contributed by atoms with Crippen LogP contribution >= 0.6 is 15.9 Å². The molecule has 0 aromatic heterocycles. The Kier molecular flexibility index (Phi) is 5.04. The van der Waals surface area contributed by atoms with E-state index in [2.05, 4.69) is 33.0 Å². The highest BCUT2D eigenvalue weighted by Crippen LogP contribution is 2.19. The molecule has 3 rings (SSSR count). The van der Waals surface area contributed by atoms with Crippen molar-refractivity contribution < 1.29 is 8.42 Å². The summed E-state index contributed by atoms with van der Waals surface area (Å²) in [6.07, 6.45) is 0. The van der Waals surface area contributed by atoms with E-state index in [0.29, 0.717) is 13.1 Å². The van der Waals surface area contributed by atoms with Crippen LogP contribution in [0.4, 0.5) is 5.69 Å². The van der Waals surface area contributed by atoms with Gasteiger partial charge in [0.25, 0.3) is 0 Å². The highest BCUT2D eigenvalue weighted by Gasteiger charge is 2.27. The number of rotatable bonds is 4. The lowest BCUT2D eigenvalue weighted by atomic mass is 10.2. The Bertz CT molecular complexity index is 740. The number of anilines is 1. The van der Waals surface area contributed by atoms with Crippen molar-refractivity contribution in [3.05, 3.63) is 64.6 Å². The van der Waals surface area contributed by atoms with Crippen LogP contribution in [0.5, 0.6) is 0 Å². The summed E-state index contributed by atoms with van der Waals surface area (Å²) in [5, 5.41) is 0. The number of sulfonamides is 1. The van der Waals surface area contributed by atoms with Crippen molar-refractivity contribution >= 4 is 31.6 Å². The van der Waals surface area contributed by atoms with Crippen LogP contribution in [0.1, 0.15) is 5.56 Å². The molecule has 0 spiro atoms. The minimum atomic E-state index is -3.26. The summed E-state index contributed by atoms with van der Waals surface area (Å²) in [5.74, 6) is 0.0611. The standard InChI is InChI=1S/C17H19BrN2O2S/c18-16-8-6-15(7-9-16)14-23(21,22)20-12-10-19(11-13-20)17-4-2-1-3-5-17/h1-9H,10-14H2. The van der Waals surface area contributed by atoms with Gasteiger partial charge in [-0.25, -0.2) is 8.42 Å². The molecule has 0 bridgehead atoms. The normalized spacial score (nSPS) is 16.5. The molecule has 2 aromatic rings. The van der Waals surface area contributed by atoms with E-state index in [1.165, 1.54) is 0 Å². The smallest absolute Gasteiger partial charge is 0.218 e. The molecule has 0 saturated carbocycles. The molecule has 1 heterocycles. The van der Waals surface area contributed by atoms with Gasteiger partial charge in [0, 0.05) is 36.3 Å². The molecule has 1 aliphatic rings. The largest absolute Gasteiger partial charge is 0.369 e. The zero-order valence-corrected chi connectivity index (χ0v) is 15.1. The molecular weight excluding hydrogens is 376 g/mol. The molecular formula is C17H19BrN2O2S. The van der Waals surface area contributed by atoms with Gasteiger partial charge in [-0.15, -0.1) is 0 Å². The average Bonchev–Trinajstić information content (AvgIpc) is 2.58. The molecule has 0 N–H and O–H groups in total. The van der Waals surface area contributed by atoms with Crippen molar-refractivity contribution in [1.29, 1.82) is 0 Å². The van der Waals surface area contributed by atoms with Crippen LogP contribution in [0.3, 0.4) is 0 Å². The van der Waals surface area contributed by atoms with Gasteiger partial charge in [-0.3, -0.25) is 0 Å². The number of para-hydroxylation sites is 1. The summed E-state index contributed by atoms with van der Waals surface area (Å²) in [6.45, 7) is 2.52. The van der Waals surface area contributed by atoms with Crippen LogP contribution in [0, 0.1) is 0 Å². The summed E-state index contributed by atoms with van der Waals surface area (Å²) >= 11 is 3.37. The predicted molar refractivity (Wildman–Crippen MR) is 97.0 cm³/mol. The number of hydrogen-bond acceptors (Lipinski definition) is 3. The first-order valence-corrected chi connectivity index (χ1v) is 9.97. The second-order valence-corrected chi connectivity index (χ2v) is 8.49. The zero-order chi connectivity index (χ0) is 16.3. The van der Waals surface area contributed by atoms with Gasteiger partial charge in [0.15, 0.2) is 0 Å². The van der Waals surface area contributed by atoms with Crippen LogP contribution in [-0.2, 0) is 15.8 Å². The molecule has 0 aliphatic carbocycles. The molecule has 0 radical (unpaired) electrons. The minimum Gasteiger partial charge on any atom is -0.369 e. The van der Waals surface area contributed by atoms with Crippen LogP contribution in [0.15, 0.2) is 59.1 Å². The van der Waals surface area contributed by atoms with Gasteiger partial charge in [-0.2, -0.15) is 4.31 Å². The maximum Gasteiger partial charge on any atom is 0.218 e. The highest BCUT2D eigenvalue weighted by atomic mass is 79.9. The fraction of sp³-hybridized carbons (Fsp3) is 0.294. The summed E-state index contributed by atoms with van der Waals surface area (Å²) < 4.78 is 27.7. The Hall–Kier alpha value is -1.37. The lowest BCUT2D eigenvalue weighted by molar-refractivity contribution is 0.384. The third-order valence-corrected chi connectivity index (χ3v) is 6.39. The Morgan fingerprint density at radius 2 is 1.48 bits per heavy atom. The second kappa shape index (κ2) is 7.03. The zero-order valence-electron chi connectivity index (χ0n) is 12.7. The highest BCUT2D eigenvalue weighted by molar-refractivity contribution is 9.10. The van der Waals surface area contributed by atoms with Gasteiger partial charge in [0.05, 0.1) is 5.75 Å². The molecule has 23 heavy (non-hydrogen) atoms. The first-order chi connectivity index (χ1) is 11.0. The van der Waals surface area contributed by atoms with Crippen molar-refractivity contribution in [1.82, 2.24) is 4.31 Å². The van der Waals surface area contributed by atoms with E-state index in [-0.39, 0.29) is 5.75 Å². The van der Waals surface area contributed by atoms with Crippen molar-refractivity contribution in [2.24, 2.45) is 0 Å². The molecule has 1 fully saturated rings.